The highest BCUT2D eigenvalue weighted by Gasteiger charge is 2.16. The Morgan fingerprint density at radius 1 is 0.897 bits per heavy atom. The van der Waals surface area contributed by atoms with E-state index in [1.807, 2.05) is 19.1 Å². The summed E-state index contributed by atoms with van der Waals surface area (Å²) in [5, 5.41) is 1.66. The molecule has 0 aliphatic heterocycles. The van der Waals surface area contributed by atoms with E-state index in [0.29, 0.717) is 5.56 Å². The lowest BCUT2D eigenvalue weighted by atomic mass is 10.1. The van der Waals surface area contributed by atoms with Crippen molar-refractivity contribution in [1.29, 1.82) is 0 Å². The molecule has 1 heterocycles. The molecule has 3 N–H and O–H groups in total. The number of anilines is 1. The Morgan fingerprint density at radius 3 is 2.21 bits per heavy atom. The molecule has 7 nitrogen and oxygen atoms in total. The summed E-state index contributed by atoms with van der Waals surface area (Å²) >= 11 is 1.09. The first kappa shape index (κ1) is 20.6. The van der Waals surface area contributed by atoms with Crippen molar-refractivity contribution in [3.63, 3.8) is 0 Å². The zero-order valence-corrected chi connectivity index (χ0v) is 17.1. The maximum Gasteiger partial charge on any atom is 0.271 e. The Bertz CT molecular complexity index is 1110. The average molecular weight is 430 g/mol. The van der Waals surface area contributed by atoms with Crippen LogP contribution in [0.25, 0.3) is 0 Å². The van der Waals surface area contributed by atoms with Crippen LogP contribution in [0.1, 0.15) is 33.2 Å². The molecule has 0 bridgehead atoms. The standard InChI is InChI=1S/C20H19N3O4S2/c1-2-14-8-10-15(11-9-14)19(24)21-22-20(25)16-5-3-6-17(13-16)23-29(26,27)18-7-4-12-28-18/h3-13,23H,2H2,1H3,(H,21,24)(H,22,25). The van der Waals surface area contributed by atoms with Crippen LogP contribution < -0.4 is 15.6 Å². The molecule has 29 heavy (non-hydrogen) atoms. The van der Waals surface area contributed by atoms with E-state index in [-0.39, 0.29) is 15.5 Å². The number of thiophene rings is 1. The highest BCUT2D eigenvalue weighted by atomic mass is 32.2. The molecule has 0 spiro atoms. The lowest BCUT2D eigenvalue weighted by Crippen LogP contribution is -2.41. The number of carbonyl (C=O) groups excluding carboxylic acids is 2. The van der Waals surface area contributed by atoms with Crippen LogP contribution in [0.2, 0.25) is 0 Å². The predicted molar refractivity (Wildman–Crippen MR) is 112 cm³/mol. The van der Waals surface area contributed by atoms with E-state index < -0.39 is 21.8 Å². The fourth-order valence-electron chi connectivity index (χ4n) is 2.50. The van der Waals surface area contributed by atoms with Gasteiger partial charge in [-0.1, -0.05) is 31.2 Å². The van der Waals surface area contributed by atoms with Gasteiger partial charge in [0.05, 0.1) is 0 Å². The zero-order valence-electron chi connectivity index (χ0n) is 15.5. The molecule has 0 atom stereocenters. The van der Waals surface area contributed by atoms with Gasteiger partial charge < -0.3 is 0 Å². The van der Waals surface area contributed by atoms with E-state index in [0.717, 1.165) is 23.3 Å². The normalized spacial score (nSPS) is 10.9. The minimum Gasteiger partial charge on any atom is -0.279 e. The third kappa shape index (κ3) is 5.21. The highest BCUT2D eigenvalue weighted by Crippen LogP contribution is 2.20. The highest BCUT2D eigenvalue weighted by molar-refractivity contribution is 7.94. The fraction of sp³-hybridized carbons (Fsp3) is 0.100. The van der Waals surface area contributed by atoms with Gasteiger partial charge in [-0.05, 0) is 53.8 Å². The number of hydrogen-bond donors (Lipinski definition) is 3. The number of hydrogen-bond acceptors (Lipinski definition) is 5. The maximum absolute atomic E-state index is 12.3. The number of carbonyl (C=O) groups is 2. The van der Waals surface area contributed by atoms with Gasteiger partial charge in [0, 0.05) is 16.8 Å². The van der Waals surface area contributed by atoms with Crippen LogP contribution >= 0.6 is 11.3 Å². The van der Waals surface area contributed by atoms with E-state index in [1.54, 1.807) is 29.6 Å². The molecule has 0 radical (unpaired) electrons. The summed E-state index contributed by atoms with van der Waals surface area (Å²) in [7, 11) is -3.71. The maximum atomic E-state index is 12.3. The second kappa shape index (κ2) is 8.89. The number of benzene rings is 2. The minimum absolute atomic E-state index is 0.175. The molecule has 3 aromatic rings. The number of rotatable bonds is 6. The van der Waals surface area contributed by atoms with Gasteiger partial charge in [-0.3, -0.25) is 25.2 Å². The van der Waals surface area contributed by atoms with Crippen LogP contribution in [0.5, 0.6) is 0 Å². The molecule has 1 aromatic heterocycles. The van der Waals surface area contributed by atoms with Crippen molar-refractivity contribution >= 4 is 38.9 Å². The number of sulfonamides is 1. The van der Waals surface area contributed by atoms with Crippen molar-refractivity contribution in [1.82, 2.24) is 10.9 Å². The quantitative estimate of drug-likeness (QED) is 0.524. The van der Waals surface area contributed by atoms with Gasteiger partial charge in [-0.2, -0.15) is 0 Å². The third-order valence-electron chi connectivity index (χ3n) is 4.05. The number of nitrogens with one attached hydrogen (secondary N) is 3. The van der Waals surface area contributed by atoms with Gasteiger partial charge in [0.25, 0.3) is 21.8 Å². The first-order chi connectivity index (χ1) is 13.9. The van der Waals surface area contributed by atoms with Gasteiger partial charge in [-0.15, -0.1) is 11.3 Å². The topological polar surface area (TPSA) is 104 Å². The Balaban J connectivity index is 1.64. The molecule has 0 unspecified atom stereocenters. The van der Waals surface area contributed by atoms with Crippen LogP contribution in [0.15, 0.2) is 70.3 Å². The van der Waals surface area contributed by atoms with E-state index in [9.17, 15) is 18.0 Å². The van der Waals surface area contributed by atoms with E-state index in [2.05, 4.69) is 15.6 Å². The van der Waals surface area contributed by atoms with Crippen molar-refractivity contribution in [2.24, 2.45) is 0 Å². The van der Waals surface area contributed by atoms with Gasteiger partial charge >= 0.3 is 0 Å². The van der Waals surface area contributed by atoms with Gasteiger partial charge in [0.2, 0.25) is 0 Å². The van der Waals surface area contributed by atoms with Crippen molar-refractivity contribution in [2.45, 2.75) is 17.6 Å². The molecule has 0 saturated heterocycles. The molecular weight excluding hydrogens is 410 g/mol. The average Bonchev–Trinajstić information content (AvgIpc) is 3.28. The molecular formula is C20H19N3O4S2. The van der Waals surface area contributed by atoms with Crippen molar-refractivity contribution in [3.05, 3.63) is 82.7 Å². The summed E-state index contributed by atoms with van der Waals surface area (Å²) in [6.45, 7) is 2.02. The zero-order chi connectivity index (χ0) is 20.9. The first-order valence-electron chi connectivity index (χ1n) is 8.75. The Hall–Kier alpha value is -3.17. The van der Waals surface area contributed by atoms with Gasteiger partial charge in [0.15, 0.2) is 0 Å². The number of amides is 2. The number of hydrazine groups is 1. The lowest BCUT2D eigenvalue weighted by Gasteiger charge is -2.10. The minimum atomic E-state index is -3.71. The Kier molecular flexibility index (Phi) is 6.30. The van der Waals surface area contributed by atoms with E-state index in [1.165, 1.54) is 24.3 Å². The van der Waals surface area contributed by atoms with Crippen LogP contribution in [-0.4, -0.2) is 20.2 Å². The fourth-order valence-corrected chi connectivity index (χ4v) is 4.54. The summed E-state index contributed by atoms with van der Waals surface area (Å²) in [5.41, 5.74) is 6.64. The monoisotopic (exact) mass is 429 g/mol. The van der Waals surface area contributed by atoms with Crippen LogP contribution in [0, 0.1) is 0 Å². The lowest BCUT2D eigenvalue weighted by molar-refractivity contribution is 0.0846. The van der Waals surface area contributed by atoms with Crippen molar-refractivity contribution < 1.29 is 18.0 Å². The van der Waals surface area contributed by atoms with Gasteiger partial charge in [-0.25, -0.2) is 8.42 Å². The third-order valence-corrected chi connectivity index (χ3v) is 6.83. The van der Waals surface area contributed by atoms with Crippen LogP contribution in [-0.2, 0) is 16.4 Å². The summed E-state index contributed by atoms with van der Waals surface area (Å²) in [6.07, 6.45) is 0.866. The molecule has 150 valence electrons. The molecule has 3 rings (SSSR count). The predicted octanol–water partition coefficient (Wildman–Crippen LogP) is 3.19. The molecule has 2 aromatic carbocycles. The second-order valence-corrected chi connectivity index (χ2v) is 8.93. The summed E-state index contributed by atoms with van der Waals surface area (Å²) in [6, 6.07) is 16.2. The van der Waals surface area contributed by atoms with E-state index in [4.69, 9.17) is 0 Å². The first-order valence-corrected chi connectivity index (χ1v) is 11.1. The second-order valence-electron chi connectivity index (χ2n) is 6.08. The van der Waals surface area contributed by atoms with E-state index >= 15 is 0 Å². The Labute approximate surface area is 172 Å². The Morgan fingerprint density at radius 2 is 1.59 bits per heavy atom. The summed E-state index contributed by atoms with van der Waals surface area (Å²) < 4.78 is 27.2. The molecule has 0 aliphatic carbocycles. The molecule has 0 fully saturated rings. The van der Waals surface area contributed by atoms with Crippen LogP contribution in [0.4, 0.5) is 5.69 Å². The molecule has 9 heteroatoms. The summed E-state index contributed by atoms with van der Waals surface area (Å²) in [4.78, 5) is 24.5. The largest absolute Gasteiger partial charge is 0.279 e. The molecule has 0 aliphatic rings. The molecule has 2 amide bonds. The van der Waals surface area contributed by atoms with Crippen molar-refractivity contribution in [3.8, 4) is 0 Å². The van der Waals surface area contributed by atoms with Gasteiger partial charge in [0.1, 0.15) is 4.21 Å². The van der Waals surface area contributed by atoms with Crippen molar-refractivity contribution in [2.75, 3.05) is 4.72 Å². The SMILES string of the molecule is CCc1ccc(C(=O)NNC(=O)c2cccc(NS(=O)(=O)c3cccs3)c2)cc1. The van der Waals surface area contributed by atoms with Crippen LogP contribution in [0.3, 0.4) is 0 Å². The summed E-state index contributed by atoms with van der Waals surface area (Å²) in [5.74, 6) is -1.02. The number of aryl methyl sites for hydroxylation is 1. The smallest absolute Gasteiger partial charge is 0.271 e. The molecule has 0 saturated carbocycles.